The van der Waals surface area contributed by atoms with E-state index in [-0.39, 0.29) is 6.04 Å². The molecule has 0 radical (unpaired) electrons. The van der Waals surface area contributed by atoms with Gasteiger partial charge in [0.2, 0.25) is 0 Å². The van der Waals surface area contributed by atoms with E-state index < -0.39 is 0 Å². The first kappa shape index (κ1) is 14.4. The van der Waals surface area contributed by atoms with E-state index in [1.54, 1.807) is 0 Å². The fourth-order valence-corrected chi connectivity index (χ4v) is 2.51. The predicted molar refractivity (Wildman–Crippen MR) is 82.2 cm³/mol. The molecule has 0 saturated heterocycles. The van der Waals surface area contributed by atoms with Crippen LogP contribution in [0.15, 0.2) is 45.5 Å². The van der Waals surface area contributed by atoms with Crippen molar-refractivity contribution in [3.63, 3.8) is 0 Å². The van der Waals surface area contributed by atoms with E-state index in [4.69, 9.17) is 4.42 Å². The molecule has 0 bridgehead atoms. The Morgan fingerprint density at radius 2 is 1.84 bits per heavy atom. The first-order valence-corrected chi connectivity index (χ1v) is 7.47. The highest BCUT2D eigenvalue weighted by atomic mass is 79.9. The molecule has 0 spiro atoms. The minimum Gasteiger partial charge on any atom is -0.453 e. The molecule has 0 fully saturated rings. The highest BCUT2D eigenvalue weighted by Gasteiger charge is 2.15. The lowest BCUT2D eigenvalue weighted by atomic mass is 10.0. The van der Waals surface area contributed by atoms with Crippen LogP contribution in [0.1, 0.15) is 49.2 Å². The van der Waals surface area contributed by atoms with E-state index >= 15 is 0 Å². The summed E-state index contributed by atoms with van der Waals surface area (Å²) in [7, 11) is 0. The van der Waals surface area contributed by atoms with Gasteiger partial charge in [-0.25, -0.2) is 0 Å². The summed E-state index contributed by atoms with van der Waals surface area (Å²) in [5.41, 5.74) is 2.62. The van der Waals surface area contributed by atoms with Crippen LogP contribution in [0.3, 0.4) is 0 Å². The van der Waals surface area contributed by atoms with Gasteiger partial charge >= 0.3 is 0 Å². The quantitative estimate of drug-likeness (QED) is 0.823. The highest BCUT2D eigenvalue weighted by Crippen LogP contribution is 2.25. The Morgan fingerprint density at radius 1 is 1.16 bits per heavy atom. The topological polar surface area (TPSA) is 25.2 Å². The van der Waals surface area contributed by atoms with Gasteiger partial charge in [0.1, 0.15) is 5.76 Å². The SMILES string of the molecule is CCC(NC(C)c1ccc(Br)o1)c1ccc(C)cc1. The third kappa shape index (κ3) is 3.71. The summed E-state index contributed by atoms with van der Waals surface area (Å²) in [6.07, 6.45) is 1.05. The van der Waals surface area contributed by atoms with Crippen LogP contribution in [-0.2, 0) is 0 Å². The largest absolute Gasteiger partial charge is 0.453 e. The van der Waals surface area contributed by atoms with Crippen LogP contribution >= 0.6 is 15.9 Å². The summed E-state index contributed by atoms with van der Waals surface area (Å²) in [4.78, 5) is 0. The van der Waals surface area contributed by atoms with Gasteiger partial charge in [-0.05, 0) is 53.9 Å². The summed E-state index contributed by atoms with van der Waals surface area (Å²) < 4.78 is 6.38. The molecule has 2 atom stereocenters. The van der Waals surface area contributed by atoms with Crippen LogP contribution in [0.2, 0.25) is 0 Å². The van der Waals surface area contributed by atoms with Crippen molar-refractivity contribution in [3.8, 4) is 0 Å². The number of furan rings is 1. The summed E-state index contributed by atoms with van der Waals surface area (Å²) in [5, 5.41) is 3.62. The second-order valence-electron chi connectivity index (χ2n) is 4.90. The van der Waals surface area contributed by atoms with Gasteiger partial charge in [-0.15, -0.1) is 0 Å². The lowest BCUT2D eigenvalue weighted by Gasteiger charge is -2.21. The molecule has 2 unspecified atom stereocenters. The van der Waals surface area contributed by atoms with Crippen molar-refractivity contribution in [1.82, 2.24) is 5.32 Å². The van der Waals surface area contributed by atoms with Gasteiger partial charge in [0.05, 0.1) is 6.04 Å². The van der Waals surface area contributed by atoms with Crippen LogP contribution in [-0.4, -0.2) is 0 Å². The van der Waals surface area contributed by atoms with Crippen molar-refractivity contribution in [2.45, 2.75) is 39.3 Å². The molecule has 1 aromatic heterocycles. The highest BCUT2D eigenvalue weighted by molar-refractivity contribution is 9.10. The number of halogens is 1. The molecule has 102 valence electrons. The molecule has 0 amide bonds. The molecular formula is C16H20BrNO. The number of benzene rings is 1. The molecule has 1 heterocycles. The zero-order chi connectivity index (χ0) is 13.8. The molecular weight excluding hydrogens is 302 g/mol. The van der Waals surface area contributed by atoms with E-state index in [9.17, 15) is 0 Å². The summed E-state index contributed by atoms with van der Waals surface area (Å²) in [5.74, 6) is 0.956. The Morgan fingerprint density at radius 3 is 2.37 bits per heavy atom. The number of rotatable bonds is 5. The fourth-order valence-electron chi connectivity index (χ4n) is 2.19. The van der Waals surface area contributed by atoms with Crippen LogP contribution < -0.4 is 5.32 Å². The molecule has 0 saturated carbocycles. The van der Waals surface area contributed by atoms with Gasteiger partial charge in [-0.3, -0.25) is 0 Å². The number of hydrogen-bond acceptors (Lipinski definition) is 2. The minimum atomic E-state index is 0.192. The molecule has 19 heavy (non-hydrogen) atoms. The average molecular weight is 322 g/mol. The lowest BCUT2D eigenvalue weighted by Crippen LogP contribution is -2.23. The second kappa shape index (κ2) is 6.40. The summed E-state index contributed by atoms with van der Waals surface area (Å²) >= 11 is 3.34. The molecule has 0 aliphatic heterocycles. The Labute approximate surface area is 123 Å². The molecule has 0 aliphatic rings. The molecule has 1 N–H and O–H groups in total. The van der Waals surface area contributed by atoms with E-state index in [0.29, 0.717) is 6.04 Å². The molecule has 3 heteroatoms. The molecule has 2 aromatic rings. The summed E-state index contributed by atoms with van der Waals surface area (Å²) in [6.45, 7) is 6.44. The van der Waals surface area contributed by atoms with Crippen LogP contribution in [0.5, 0.6) is 0 Å². The predicted octanol–water partition coefficient (Wildman–Crippen LogP) is 5.15. The monoisotopic (exact) mass is 321 g/mol. The second-order valence-corrected chi connectivity index (χ2v) is 5.68. The van der Waals surface area contributed by atoms with Crippen LogP contribution in [0.4, 0.5) is 0 Å². The average Bonchev–Trinajstić information content (AvgIpc) is 2.84. The maximum Gasteiger partial charge on any atom is 0.169 e. The Balaban J connectivity index is 2.08. The first-order chi connectivity index (χ1) is 9.10. The van der Waals surface area contributed by atoms with E-state index in [1.165, 1.54) is 11.1 Å². The first-order valence-electron chi connectivity index (χ1n) is 6.68. The number of nitrogens with one attached hydrogen (secondary N) is 1. The minimum absolute atomic E-state index is 0.192. The van der Waals surface area contributed by atoms with Gasteiger partial charge in [-0.1, -0.05) is 36.8 Å². The zero-order valence-electron chi connectivity index (χ0n) is 11.6. The van der Waals surface area contributed by atoms with Crippen LogP contribution in [0, 0.1) is 6.92 Å². The van der Waals surface area contributed by atoms with Gasteiger partial charge in [0.25, 0.3) is 0 Å². The molecule has 2 nitrogen and oxygen atoms in total. The van der Waals surface area contributed by atoms with Gasteiger partial charge < -0.3 is 9.73 Å². The standard InChI is InChI=1S/C16H20BrNO/c1-4-14(13-7-5-11(2)6-8-13)18-12(3)15-9-10-16(17)19-15/h5-10,12,14,18H,4H2,1-3H3. The Bertz CT molecular complexity index is 518. The van der Waals surface area contributed by atoms with Crippen molar-refractivity contribution >= 4 is 15.9 Å². The van der Waals surface area contributed by atoms with Crippen molar-refractivity contribution < 1.29 is 4.42 Å². The maximum atomic E-state index is 5.60. The Hall–Kier alpha value is -1.06. The van der Waals surface area contributed by atoms with Crippen molar-refractivity contribution in [1.29, 1.82) is 0 Å². The number of aryl methyl sites for hydroxylation is 1. The fraction of sp³-hybridized carbons (Fsp3) is 0.375. The third-order valence-corrected chi connectivity index (χ3v) is 3.79. The lowest BCUT2D eigenvalue weighted by molar-refractivity contribution is 0.379. The smallest absolute Gasteiger partial charge is 0.169 e. The zero-order valence-corrected chi connectivity index (χ0v) is 13.2. The molecule has 2 rings (SSSR count). The van der Waals surface area contributed by atoms with Crippen LogP contribution in [0.25, 0.3) is 0 Å². The van der Waals surface area contributed by atoms with Crippen molar-refractivity contribution in [2.24, 2.45) is 0 Å². The number of hydrogen-bond donors (Lipinski definition) is 1. The normalized spacial score (nSPS) is 14.3. The molecule has 0 aliphatic carbocycles. The third-order valence-electron chi connectivity index (χ3n) is 3.36. The maximum absolute atomic E-state index is 5.60. The van der Waals surface area contributed by atoms with E-state index in [1.807, 2.05) is 12.1 Å². The van der Waals surface area contributed by atoms with E-state index in [2.05, 4.69) is 66.3 Å². The van der Waals surface area contributed by atoms with Gasteiger partial charge in [0, 0.05) is 6.04 Å². The summed E-state index contributed by atoms with van der Waals surface area (Å²) in [6, 6.07) is 13.2. The van der Waals surface area contributed by atoms with Crippen molar-refractivity contribution in [2.75, 3.05) is 0 Å². The molecule has 1 aromatic carbocycles. The van der Waals surface area contributed by atoms with Crippen molar-refractivity contribution in [3.05, 3.63) is 58.0 Å². The van der Waals surface area contributed by atoms with E-state index in [0.717, 1.165) is 16.9 Å². The van der Waals surface area contributed by atoms with Gasteiger partial charge in [-0.2, -0.15) is 0 Å². The Kier molecular flexibility index (Phi) is 4.83. The van der Waals surface area contributed by atoms with Gasteiger partial charge in [0.15, 0.2) is 4.67 Å².